The summed E-state index contributed by atoms with van der Waals surface area (Å²) >= 11 is 0. The number of rotatable bonds is 5. The van der Waals surface area contributed by atoms with Crippen molar-refractivity contribution in [1.82, 2.24) is 15.1 Å². The molecular weight excluding hydrogens is 238 g/mol. The zero-order valence-corrected chi connectivity index (χ0v) is 10.7. The fourth-order valence-electron chi connectivity index (χ4n) is 2.14. The zero-order chi connectivity index (χ0) is 12.9. The number of nitrogens with zero attached hydrogens (tertiary/aromatic N) is 2. The van der Waals surface area contributed by atoms with E-state index in [2.05, 4.69) is 22.6 Å². The second kappa shape index (κ2) is 5.71. The molecule has 0 bridgehead atoms. The Balaban J connectivity index is 1.50. The van der Waals surface area contributed by atoms with Crippen molar-refractivity contribution < 1.29 is 4.74 Å². The van der Waals surface area contributed by atoms with Crippen LogP contribution >= 0.6 is 0 Å². The summed E-state index contributed by atoms with van der Waals surface area (Å²) in [6.07, 6.45) is 5.98. The minimum absolute atomic E-state index is 0.672. The Hall–Kier alpha value is -2.07. The molecule has 98 valence electrons. The van der Waals surface area contributed by atoms with E-state index in [9.17, 15) is 0 Å². The summed E-state index contributed by atoms with van der Waals surface area (Å²) in [6.45, 7) is 3.32. The number of para-hydroxylation sites is 1. The Kier molecular flexibility index (Phi) is 3.61. The number of fused-ring (bicyclic) bond motifs is 1. The zero-order valence-electron chi connectivity index (χ0n) is 10.7. The van der Waals surface area contributed by atoms with Crippen LogP contribution in [0.4, 0.5) is 0 Å². The first kappa shape index (κ1) is 12.0. The van der Waals surface area contributed by atoms with Crippen LogP contribution in [0.1, 0.15) is 5.56 Å². The van der Waals surface area contributed by atoms with Gasteiger partial charge in [0.05, 0.1) is 6.54 Å². The lowest BCUT2D eigenvalue weighted by Gasteiger charge is -2.18. The van der Waals surface area contributed by atoms with Crippen LogP contribution in [0.5, 0.6) is 5.75 Å². The first-order valence-corrected chi connectivity index (χ1v) is 6.51. The molecule has 1 aromatic heterocycles. The van der Waals surface area contributed by atoms with Crippen LogP contribution in [0.3, 0.4) is 0 Å². The minimum atomic E-state index is 0.672. The lowest BCUT2D eigenvalue weighted by Crippen LogP contribution is -2.25. The van der Waals surface area contributed by atoms with Crippen molar-refractivity contribution in [1.29, 1.82) is 0 Å². The predicted molar refractivity (Wildman–Crippen MR) is 75.0 cm³/mol. The van der Waals surface area contributed by atoms with Crippen molar-refractivity contribution >= 4 is 6.08 Å². The SMILES string of the molecule is C1=C(CNCCn2cccn2)COc2ccccc21. The highest BCUT2D eigenvalue weighted by Gasteiger charge is 2.09. The highest BCUT2D eigenvalue weighted by atomic mass is 16.5. The van der Waals surface area contributed by atoms with Gasteiger partial charge < -0.3 is 10.1 Å². The van der Waals surface area contributed by atoms with Crippen molar-refractivity contribution in [2.75, 3.05) is 19.7 Å². The smallest absolute Gasteiger partial charge is 0.127 e. The maximum Gasteiger partial charge on any atom is 0.127 e. The molecule has 2 aromatic rings. The first-order chi connectivity index (χ1) is 9.42. The molecule has 0 atom stereocenters. The summed E-state index contributed by atoms with van der Waals surface area (Å²) in [5.74, 6) is 0.975. The van der Waals surface area contributed by atoms with Gasteiger partial charge >= 0.3 is 0 Å². The topological polar surface area (TPSA) is 39.1 Å². The third-order valence-electron chi connectivity index (χ3n) is 3.12. The Morgan fingerprint density at radius 3 is 3.11 bits per heavy atom. The van der Waals surface area contributed by atoms with E-state index in [0.717, 1.165) is 30.9 Å². The van der Waals surface area contributed by atoms with Gasteiger partial charge in [-0.05, 0) is 23.8 Å². The lowest BCUT2D eigenvalue weighted by molar-refractivity contribution is 0.342. The summed E-state index contributed by atoms with van der Waals surface area (Å²) in [4.78, 5) is 0. The summed E-state index contributed by atoms with van der Waals surface area (Å²) in [5, 5.41) is 7.58. The highest BCUT2D eigenvalue weighted by molar-refractivity contribution is 5.62. The van der Waals surface area contributed by atoms with E-state index in [1.54, 1.807) is 6.20 Å². The molecule has 2 heterocycles. The Morgan fingerprint density at radius 2 is 2.21 bits per heavy atom. The molecule has 1 aliphatic heterocycles. The van der Waals surface area contributed by atoms with E-state index in [4.69, 9.17) is 4.74 Å². The second-order valence-corrected chi connectivity index (χ2v) is 4.57. The summed E-state index contributed by atoms with van der Waals surface area (Å²) in [7, 11) is 0. The van der Waals surface area contributed by atoms with Gasteiger partial charge in [-0.25, -0.2) is 0 Å². The van der Waals surface area contributed by atoms with E-state index < -0.39 is 0 Å². The first-order valence-electron chi connectivity index (χ1n) is 6.51. The molecule has 1 aliphatic rings. The molecular formula is C15H17N3O. The fraction of sp³-hybridized carbons (Fsp3) is 0.267. The number of ether oxygens (including phenoxy) is 1. The molecule has 0 saturated heterocycles. The highest BCUT2D eigenvalue weighted by Crippen LogP contribution is 2.25. The Labute approximate surface area is 112 Å². The fourth-order valence-corrected chi connectivity index (χ4v) is 2.14. The Bertz CT molecular complexity index is 561. The summed E-state index contributed by atoms with van der Waals surface area (Å²) in [6, 6.07) is 10.1. The van der Waals surface area contributed by atoms with Gasteiger partial charge in [0.2, 0.25) is 0 Å². The van der Waals surface area contributed by atoms with Crippen molar-refractivity contribution in [3.63, 3.8) is 0 Å². The monoisotopic (exact) mass is 255 g/mol. The molecule has 0 saturated carbocycles. The molecule has 0 unspecified atom stereocenters. The van der Waals surface area contributed by atoms with Crippen molar-refractivity contribution in [3.05, 3.63) is 53.9 Å². The Morgan fingerprint density at radius 1 is 1.26 bits per heavy atom. The molecule has 4 heteroatoms. The number of nitrogens with one attached hydrogen (secondary N) is 1. The van der Waals surface area contributed by atoms with Gasteiger partial charge in [0, 0.05) is 31.0 Å². The molecule has 0 aliphatic carbocycles. The van der Waals surface area contributed by atoms with Crippen LogP contribution < -0.4 is 10.1 Å². The molecule has 0 fully saturated rings. The molecule has 1 N–H and O–H groups in total. The van der Waals surface area contributed by atoms with Crippen LogP contribution in [-0.4, -0.2) is 29.5 Å². The molecule has 0 amide bonds. The number of benzene rings is 1. The molecule has 4 nitrogen and oxygen atoms in total. The molecule has 19 heavy (non-hydrogen) atoms. The largest absolute Gasteiger partial charge is 0.489 e. The van der Waals surface area contributed by atoms with E-state index in [1.165, 1.54) is 5.57 Å². The van der Waals surface area contributed by atoms with E-state index in [0.29, 0.717) is 6.61 Å². The summed E-state index contributed by atoms with van der Waals surface area (Å²) < 4.78 is 7.64. The van der Waals surface area contributed by atoms with E-state index in [-0.39, 0.29) is 0 Å². The van der Waals surface area contributed by atoms with Gasteiger partial charge in [-0.1, -0.05) is 18.2 Å². The maximum atomic E-state index is 5.71. The predicted octanol–water partition coefficient (Wildman–Crippen LogP) is 1.95. The lowest BCUT2D eigenvalue weighted by atomic mass is 10.1. The van der Waals surface area contributed by atoms with Gasteiger partial charge in [-0.15, -0.1) is 0 Å². The molecule has 3 rings (SSSR count). The molecule has 0 spiro atoms. The van der Waals surface area contributed by atoms with Gasteiger partial charge in [-0.3, -0.25) is 4.68 Å². The molecule has 1 aromatic carbocycles. The van der Waals surface area contributed by atoms with Gasteiger partial charge in [0.15, 0.2) is 0 Å². The van der Waals surface area contributed by atoms with E-state index in [1.807, 2.05) is 35.1 Å². The van der Waals surface area contributed by atoms with Crippen LogP contribution in [0.15, 0.2) is 48.3 Å². The average molecular weight is 255 g/mol. The number of hydrogen-bond donors (Lipinski definition) is 1. The summed E-state index contributed by atoms with van der Waals surface area (Å²) in [5.41, 5.74) is 2.44. The minimum Gasteiger partial charge on any atom is -0.489 e. The second-order valence-electron chi connectivity index (χ2n) is 4.57. The van der Waals surface area contributed by atoms with Crippen LogP contribution in [0.2, 0.25) is 0 Å². The van der Waals surface area contributed by atoms with Crippen molar-refractivity contribution in [2.24, 2.45) is 0 Å². The molecule has 0 radical (unpaired) electrons. The average Bonchev–Trinajstić information content (AvgIpc) is 2.97. The van der Waals surface area contributed by atoms with Gasteiger partial charge in [-0.2, -0.15) is 5.10 Å². The quantitative estimate of drug-likeness (QED) is 0.830. The maximum absolute atomic E-state index is 5.71. The van der Waals surface area contributed by atoms with Crippen LogP contribution in [-0.2, 0) is 6.54 Å². The van der Waals surface area contributed by atoms with E-state index >= 15 is 0 Å². The normalized spacial score (nSPS) is 13.6. The van der Waals surface area contributed by atoms with Crippen LogP contribution in [0.25, 0.3) is 6.08 Å². The number of aromatic nitrogens is 2. The van der Waals surface area contributed by atoms with Gasteiger partial charge in [0.25, 0.3) is 0 Å². The van der Waals surface area contributed by atoms with Gasteiger partial charge in [0.1, 0.15) is 12.4 Å². The van der Waals surface area contributed by atoms with Crippen LogP contribution in [0, 0.1) is 0 Å². The number of hydrogen-bond acceptors (Lipinski definition) is 3. The standard InChI is InChI=1S/C15H17N3O/c1-2-5-15-14(4-1)10-13(12-19-15)11-16-7-9-18-8-3-6-17-18/h1-6,8,10,16H,7,9,11-12H2. The van der Waals surface area contributed by atoms with Crippen molar-refractivity contribution in [2.45, 2.75) is 6.54 Å². The van der Waals surface area contributed by atoms with Crippen molar-refractivity contribution in [3.8, 4) is 5.75 Å². The third kappa shape index (κ3) is 3.03. The third-order valence-corrected chi connectivity index (χ3v) is 3.12.